The molecule has 4 N–H and O–H groups in total. The van der Waals surface area contributed by atoms with E-state index in [0.717, 1.165) is 11.1 Å². The molecule has 18 heavy (non-hydrogen) atoms. The fourth-order valence-electron chi connectivity index (χ4n) is 1.69. The van der Waals surface area contributed by atoms with Gasteiger partial charge in [-0.1, -0.05) is 30.3 Å². The Bertz CT molecular complexity index is 521. The summed E-state index contributed by atoms with van der Waals surface area (Å²) in [5, 5.41) is 9.28. The van der Waals surface area contributed by atoms with E-state index in [1.807, 2.05) is 37.3 Å². The summed E-state index contributed by atoms with van der Waals surface area (Å²) < 4.78 is 0. The predicted octanol–water partition coefficient (Wildman–Crippen LogP) is 1.41. The van der Waals surface area contributed by atoms with Gasteiger partial charge in [0.25, 0.3) is 0 Å². The molecule has 0 radical (unpaired) electrons. The predicted molar refractivity (Wildman–Crippen MR) is 69.7 cm³/mol. The number of hydrogen-bond donors (Lipinski definition) is 3. The van der Waals surface area contributed by atoms with Crippen molar-refractivity contribution in [3.63, 3.8) is 0 Å². The number of nitrogen functional groups attached to an aromatic ring is 1. The van der Waals surface area contributed by atoms with E-state index in [0.29, 0.717) is 12.4 Å². The number of benzene rings is 1. The Morgan fingerprint density at radius 2 is 2.17 bits per heavy atom. The number of aromatic amines is 1. The van der Waals surface area contributed by atoms with Crippen LogP contribution in [0.5, 0.6) is 0 Å². The fourth-order valence-corrected chi connectivity index (χ4v) is 1.69. The van der Waals surface area contributed by atoms with Crippen molar-refractivity contribution in [2.45, 2.75) is 19.4 Å². The summed E-state index contributed by atoms with van der Waals surface area (Å²) in [6.45, 7) is 2.27. The van der Waals surface area contributed by atoms with Crippen LogP contribution in [0.15, 0.2) is 36.5 Å². The number of aromatic nitrogens is 2. The van der Waals surface area contributed by atoms with E-state index in [-0.39, 0.29) is 11.8 Å². The average Bonchev–Trinajstić information content (AvgIpc) is 2.81. The minimum atomic E-state index is -0.181. The molecule has 0 spiro atoms. The van der Waals surface area contributed by atoms with Crippen molar-refractivity contribution in [2.75, 3.05) is 5.73 Å². The number of carbonyl (C=O) groups is 1. The molecule has 1 aromatic carbocycles. The van der Waals surface area contributed by atoms with Crippen LogP contribution in [-0.4, -0.2) is 16.1 Å². The molecule has 0 saturated heterocycles. The number of hydrogen-bond acceptors (Lipinski definition) is 3. The van der Waals surface area contributed by atoms with Crippen LogP contribution in [0.4, 0.5) is 5.82 Å². The highest BCUT2D eigenvalue weighted by atomic mass is 16.1. The molecule has 0 aliphatic carbocycles. The number of rotatable bonds is 4. The highest BCUT2D eigenvalue weighted by molar-refractivity contribution is 5.83. The Kier molecular flexibility index (Phi) is 3.62. The second-order valence-corrected chi connectivity index (χ2v) is 4.16. The number of amides is 1. The minimum absolute atomic E-state index is 0.0261. The molecule has 1 amide bonds. The zero-order valence-corrected chi connectivity index (χ0v) is 10.2. The first-order chi connectivity index (χ1) is 8.68. The molecule has 1 atom stereocenters. The molecule has 5 heteroatoms. The van der Waals surface area contributed by atoms with Gasteiger partial charge >= 0.3 is 0 Å². The maximum absolute atomic E-state index is 12.0. The van der Waals surface area contributed by atoms with Gasteiger partial charge in [-0.05, 0) is 12.5 Å². The lowest BCUT2D eigenvalue weighted by Gasteiger charge is -2.12. The van der Waals surface area contributed by atoms with E-state index in [9.17, 15) is 4.79 Å². The molecule has 2 aromatic rings. The topological polar surface area (TPSA) is 83.8 Å². The fraction of sp³-hybridized carbons (Fsp3) is 0.231. The van der Waals surface area contributed by atoms with Gasteiger partial charge in [-0.15, -0.1) is 0 Å². The zero-order chi connectivity index (χ0) is 13.0. The van der Waals surface area contributed by atoms with Crippen LogP contribution in [0, 0.1) is 0 Å². The zero-order valence-electron chi connectivity index (χ0n) is 10.2. The summed E-state index contributed by atoms with van der Waals surface area (Å²) in [4.78, 5) is 12.0. The third kappa shape index (κ3) is 2.68. The third-order valence-corrected chi connectivity index (χ3v) is 2.90. The van der Waals surface area contributed by atoms with Crippen LogP contribution in [0.1, 0.15) is 24.0 Å². The molecular formula is C13H16N4O. The number of carbonyl (C=O) groups excluding carboxylic acids is 1. The van der Waals surface area contributed by atoms with Gasteiger partial charge in [0.1, 0.15) is 5.82 Å². The second-order valence-electron chi connectivity index (χ2n) is 4.16. The molecule has 0 bridgehead atoms. The summed E-state index contributed by atoms with van der Waals surface area (Å²) in [5.74, 6) is 0.281. The van der Waals surface area contributed by atoms with Crippen molar-refractivity contribution in [3.8, 4) is 0 Å². The number of H-pyrrole nitrogens is 1. The summed E-state index contributed by atoms with van der Waals surface area (Å²) >= 11 is 0. The van der Waals surface area contributed by atoms with Crippen LogP contribution in [0.25, 0.3) is 0 Å². The maximum atomic E-state index is 12.0. The first-order valence-corrected chi connectivity index (χ1v) is 5.79. The monoisotopic (exact) mass is 244 g/mol. The summed E-state index contributed by atoms with van der Waals surface area (Å²) in [6.07, 6.45) is 1.61. The molecule has 2 rings (SSSR count). The van der Waals surface area contributed by atoms with Gasteiger partial charge in [0.05, 0.1) is 12.1 Å². The first kappa shape index (κ1) is 12.2. The molecule has 0 aliphatic rings. The maximum Gasteiger partial charge on any atom is 0.227 e. The van der Waals surface area contributed by atoms with Crippen molar-refractivity contribution in [3.05, 3.63) is 47.7 Å². The Morgan fingerprint density at radius 3 is 2.78 bits per heavy atom. The minimum Gasteiger partial charge on any atom is -0.384 e. The second kappa shape index (κ2) is 5.35. The van der Waals surface area contributed by atoms with Gasteiger partial charge < -0.3 is 11.1 Å². The lowest BCUT2D eigenvalue weighted by atomic mass is 10.0. The van der Waals surface area contributed by atoms with Crippen molar-refractivity contribution in [2.24, 2.45) is 0 Å². The standard InChI is InChI=1S/C13H16N4O/c1-9(10-5-3-2-4-6-10)13(18)15-7-11-8-16-17-12(11)14/h2-6,8-9H,7H2,1H3,(H,15,18)(H3,14,16,17). The number of nitrogens with two attached hydrogens (primary N) is 1. The van der Waals surface area contributed by atoms with E-state index in [2.05, 4.69) is 15.5 Å². The summed E-state index contributed by atoms with van der Waals surface area (Å²) in [6, 6.07) is 9.66. The molecule has 1 heterocycles. The molecule has 94 valence electrons. The van der Waals surface area contributed by atoms with E-state index < -0.39 is 0 Å². The molecule has 1 aromatic heterocycles. The Hall–Kier alpha value is -2.30. The lowest BCUT2D eigenvalue weighted by molar-refractivity contribution is -0.122. The van der Waals surface area contributed by atoms with Crippen molar-refractivity contribution in [1.29, 1.82) is 0 Å². The molecule has 5 nitrogen and oxygen atoms in total. The van der Waals surface area contributed by atoms with Crippen LogP contribution < -0.4 is 11.1 Å². The summed E-state index contributed by atoms with van der Waals surface area (Å²) in [5.41, 5.74) is 7.44. The molecule has 0 fully saturated rings. The van der Waals surface area contributed by atoms with Gasteiger partial charge in [-0.25, -0.2) is 0 Å². The highest BCUT2D eigenvalue weighted by Crippen LogP contribution is 2.15. The molecule has 0 saturated carbocycles. The first-order valence-electron chi connectivity index (χ1n) is 5.79. The average molecular weight is 244 g/mol. The van der Waals surface area contributed by atoms with Crippen molar-refractivity contribution >= 4 is 11.7 Å². The normalized spacial score (nSPS) is 12.1. The van der Waals surface area contributed by atoms with E-state index >= 15 is 0 Å². The van der Waals surface area contributed by atoms with Crippen molar-refractivity contribution in [1.82, 2.24) is 15.5 Å². The van der Waals surface area contributed by atoms with Gasteiger partial charge in [-0.2, -0.15) is 5.10 Å². The highest BCUT2D eigenvalue weighted by Gasteiger charge is 2.14. The van der Waals surface area contributed by atoms with Gasteiger partial charge in [-0.3, -0.25) is 9.89 Å². The summed E-state index contributed by atoms with van der Waals surface area (Å²) in [7, 11) is 0. The van der Waals surface area contributed by atoms with Gasteiger partial charge in [0, 0.05) is 12.1 Å². The van der Waals surface area contributed by atoms with E-state index in [1.165, 1.54) is 0 Å². The number of nitrogens with one attached hydrogen (secondary N) is 2. The van der Waals surface area contributed by atoms with E-state index in [1.54, 1.807) is 6.20 Å². The quantitative estimate of drug-likeness (QED) is 0.760. The lowest BCUT2D eigenvalue weighted by Crippen LogP contribution is -2.27. The Morgan fingerprint density at radius 1 is 1.44 bits per heavy atom. The van der Waals surface area contributed by atoms with Gasteiger partial charge in [0.15, 0.2) is 0 Å². The van der Waals surface area contributed by atoms with Crippen LogP contribution in [0.2, 0.25) is 0 Å². The molecule has 0 aliphatic heterocycles. The largest absolute Gasteiger partial charge is 0.384 e. The van der Waals surface area contributed by atoms with E-state index in [4.69, 9.17) is 5.73 Å². The van der Waals surface area contributed by atoms with Crippen LogP contribution in [-0.2, 0) is 11.3 Å². The van der Waals surface area contributed by atoms with Gasteiger partial charge in [0.2, 0.25) is 5.91 Å². The third-order valence-electron chi connectivity index (χ3n) is 2.90. The Balaban J connectivity index is 1.95. The molecule has 1 unspecified atom stereocenters. The van der Waals surface area contributed by atoms with Crippen LogP contribution >= 0.6 is 0 Å². The Labute approximate surface area is 105 Å². The van der Waals surface area contributed by atoms with Crippen LogP contribution in [0.3, 0.4) is 0 Å². The smallest absolute Gasteiger partial charge is 0.227 e. The van der Waals surface area contributed by atoms with Crippen molar-refractivity contribution < 1.29 is 4.79 Å². The SMILES string of the molecule is CC(C(=O)NCc1cn[nH]c1N)c1ccccc1. The number of anilines is 1. The number of nitrogens with zero attached hydrogens (tertiary/aromatic N) is 1. The molecular weight excluding hydrogens is 228 g/mol.